The Morgan fingerprint density at radius 2 is 1.88 bits per heavy atom. The van der Waals surface area contributed by atoms with Gasteiger partial charge in [0.15, 0.2) is 11.6 Å². The lowest BCUT2D eigenvalue weighted by molar-refractivity contribution is 0.0697. The van der Waals surface area contributed by atoms with Crippen LogP contribution in [-0.4, -0.2) is 62.1 Å². The molecule has 1 aromatic carbocycles. The molecule has 1 aromatic heterocycles. The number of pyridine rings is 1. The zero-order valence-electron chi connectivity index (χ0n) is 18.0. The van der Waals surface area contributed by atoms with Crippen LogP contribution in [0.15, 0.2) is 35.4 Å². The highest BCUT2D eigenvalue weighted by Crippen LogP contribution is 2.28. The van der Waals surface area contributed by atoms with E-state index in [1.54, 1.807) is 0 Å². The number of aromatic carboxylic acids is 1. The predicted molar refractivity (Wildman–Crippen MR) is 119 cm³/mol. The number of halogens is 2. The van der Waals surface area contributed by atoms with Gasteiger partial charge in [-0.05, 0) is 69.0 Å². The molecule has 1 atom stereocenters. The highest BCUT2D eigenvalue weighted by Gasteiger charge is 2.27. The Balaban J connectivity index is 1.53. The van der Waals surface area contributed by atoms with Gasteiger partial charge in [0.05, 0.1) is 16.8 Å². The molecular weight excluding hydrogens is 454 g/mol. The van der Waals surface area contributed by atoms with Gasteiger partial charge in [0.1, 0.15) is 11.4 Å². The third-order valence-electron chi connectivity index (χ3n) is 6.08. The minimum atomic E-state index is -4.26. The molecule has 2 fully saturated rings. The number of nitrogens with zero attached hydrogens (tertiary/aromatic N) is 3. The summed E-state index contributed by atoms with van der Waals surface area (Å²) in [6.07, 6.45) is 5.65. The average Bonchev–Trinajstić information content (AvgIpc) is 3.28. The molecule has 2 aromatic rings. The van der Waals surface area contributed by atoms with E-state index in [2.05, 4.69) is 14.6 Å². The van der Waals surface area contributed by atoms with E-state index in [1.165, 1.54) is 25.1 Å². The highest BCUT2D eigenvalue weighted by molar-refractivity contribution is 7.92. The van der Waals surface area contributed by atoms with E-state index in [-0.39, 0.29) is 11.3 Å². The molecule has 2 saturated heterocycles. The van der Waals surface area contributed by atoms with Crippen molar-refractivity contribution in [2.24, 2.45) is 5.92 Å². The fourth-order valence-corrected chi connectivity index (χ4v) is 5.56. The Labute approximate surface area is 191 Å². The molecular formula is C22H26F2N4O4S. The van der Waals surface area contributed by atoms with Crippen molar-refractivity contribution in [1.82, 2.24) is 9.88 Å². The Hall–Kier alpha value is -2.79. The minimum absolute atomic E-state index is 0.0773. The molecule has 2 aliphatic rings. The van der Waals surface area contributed by atoms with E-state index in [0.717, 1.165) is 38.5 Å². The number of carbonyl (C=O) groups is 1. The molecule has 33 heavy (non-hydrogen) atoms. The quantitative estimate of drug-likeness (QED) is 0.628. The Morgan fingerprint density at radius 3 is 2.58 bits per heavy atom. The monoisotopic (exact) mass is 480 g/mol. The summed E-state index contributed by atoms with van der Waals surface area (Å²) in [6.45, 7) is 4.53. The van der Waals surface area contributed by atoms with Crippen LogP contribution in [0.4, 0.5) is 20.3 Å². The van der Waals surface area contributed by atoms with Crippen molar-refractivity contribution >= 4 is 27.5 Å². The Kier molecular flexibility index (Phi) is 6.80. The van der Waals surface area contributed by atoms with Gasteiger partial charge in [0, 0.05) is 19.6 Å². The molecule has 11 heteroatoms. The first-order valence-corrected chi connectivity index (χ1v) is 12.4. The first-order valence-electron chi connectivity index (χ1n) is 10.9. The van der Waals surface area contributed by atoms with E-state index in [9.17, 15) is 27.1 Å². The number of nitrogens with one attached hydrogen (secondary N) is 1. The Morgan fingerprint density at radius 1 is 1.12 bits per heavy atom. The molecule has 3 heterocycles. The highest BCUT2D eigenvalue weighted by atomic mass is 32.2. The van der Waals surface area contributed by atoms with Crippen LogP contribution in [0.25, 0.3) is 0 Å². The summed E-state index contributed by atoms with van der Waals surface area (Å²) in [4.78, 5) is 20.1. The first-order chi connectivity index (χ1) is 15.7. The molecule has 0 spiro atoms. The van der Waals surface area contributed by atoms with Crippen LogP contribution in [0.1, 0.15) is 36.0 Å². The normalized spacial score (nSPS) is 19.6. The summed E-state index contributed by atoms with van der Waals surface area (Å²) in [6, 6.07) is 3.40. The maximum absolute atomic E-state index is 13.5. The van der Waals surface area contributed by atoms with Crippen LogP contribution < -0.4 is 9.62 Å². The summed E-state index contributed by atoms with van der Waals surface area (Å²) < 4.78 is 53.9. The van der Waals surface area contributed by atoms with Crippen molar-refractivity contribution in [2.45, 2.75) is 30.6 Å². The summed E-state index contributed by atoms with van der Waals surface area (Å²) in [5.74, 6) is -2.99. The lowest BCUT2D eigenvalue weighted by atomic mass is 9.97. The second kappa shape index (κ2) is 9.60. The number of aromatic nitrogens is 1. The topological polar surface area (TPSA) is 103 Å². The van der Waals surface area contributed by atoms with Gasteiger partial charge in [-0.25, -0.2) is 27.0 Å². The van der Waals surface area contributed by atoms with Crippen molar-refractivity contribution < 1.29 is 27.1 Å². The molecule has 0 saturated carbocycles. The smallest absolute Gasteiger partial charge is 0.339 e. The molecule has 0 aliphatic carbocycles. The number of piperidine rings is 1. The number of hydrogen-bond acceptors (Lipinski definition) is 6. The van der Waals surface area contributed by atoms with Crippen molar-refractivity contribution in [3.8, 4) is 0 Å². The van der Waals surface area contributed by atoms with E-state index in [0.29, 0.717) is 37.0 Å². The fourth-order valence-electron chi connectivity index (χ4n) is 4.52. The molecule has 8 nitrogen and oxygen atoms in total. The second-order valence-corrected chi connectivity index (χ2v) is 10.2. The van der Waals surface area contributed by atoms with Crippen molar-refractivity contribution in [2.75, 3.05) is 42.3 Å². The number of anilines is 2. The lowest BCUT2D eigenvalue weighted by Crippen LogP contribution is -2.41. The third kappa shape index (κ3) is 5.41. The standard InChI is InChI=1S/C22H26F2N4O4S/c23-19-6-5-17(11-20(19)24)33(31,32)26-16-10-18(22(29)30)21(25-12-16)28-9-3-4-15(14-28)13-27-7-1-2-8-27/h5-6,10-12,15,26H,1-4,7-9,13-14H2,(H,29,30)/t15-/m0/s1. The van der Waals surface area contributed by atoms with Gasteiger partial charge in [0.25, 0.3) is 10.0 Å². The first kappa shape index (κ1) is 23.4. The summed E-state index contributed by atoms with van der Waals surface area (Å²) in [5, 5.41) is 9.76. The number of hydrogen-bond donors (Lipinski definition) is 2. The van der Waals surface area contributed by atoms with Crippen LogP contribution in [0.3, 0.4) is 0 Å². The second-order valence-electron chi connectivity index (χ2n) is 8.54. The van der Waals surface area contributed by atoms with Gasteiger partial charge >= 0.3 is 5.97 Å². The predicted octanol–water partition coefficient (Wildman–Crippen LogP) is 3.17. The zero-order chi connectivity index (χ0) is 23.6. The van der Waals surface area contributed by atoms with Crippen LogP contribution in [-0.2, 0) is 10.0 Å². The SMILES string of the molecule is O=C(O)c1cc(NS(=O)(=O)c2ccc(F)c(F)c2)cnc1N1CCC[C@@H](CN2CCCC2)C1. The van der Waals surface area contributed by atoms with Crippen molar-refractivity contribution in [1.29, 1.82) is 0 Å². The number of likely N-dealkylation sites (tertiary alicyclic amines) is 1. The van der Waals surface area contributed by atoms with Gasteiger partial charge in [0.2, 0.25) is 0 Å². The number of rotatable bonds is 7. The van der Waals surface area contributed by atoms with E-state index in [1.807, 2.05) is 4.90 Å². The fraction of sp³-hybridized carbons (Fsp3) is 0.455. The largest absolute Gasteiger partial charge is 0.478 e. The van der Waals surface area contributed by atoms with Gasteiger partial charge < -0.3 is 14.9 Å². The lowest BCUT2D eigenvalue weighted by Gasteiger charge is -2.36. The number of benzene rings is 1. The molecule has 0 amide bonds. The van der Waals surface area contributed by atoms with Crippen LogP contribution >= 0.6 is 0 Å². The third-order valence-corrected chi connectivity index (χ3v) is 7.46. The number of carboxylic acids is 1. The van der Waals surface area contributed by atoms with Crippen molar-refractivity contribution in [3.63, 3.8) is 0 Å². The maximum Gasteiger partial charge on any atom is 0.339 e. The van der Waals surface area contributed by atoms with E-state index < -0.39 is 32.5 Å². The molecule has 2 N–H and O–H groups in total. The minimum Gasteiger partial charge on any atom is -0.478 e. The molecule has 0 radical (unpaired) electrons. The molecule has 0 unspecified atom stereocenters. The van der Waals surface area contributed by atoms with E-state index in [4.69, 9.17) is 0 Å². The number of sulfonamides is 1. The van der Waals surface area contributed by atoms with E-state index >= 15 is 0 Å². The summed E-state index contributed by atoms with van der Waals surface area (Å²) in [5.41, 5.74) is -0.200. The van der Waals surface area contributed by atoms with Crippen molar-refractivity contribution in [3.05, 3.63) is 47.7 Å². The van der Waals surface area contributed by atoms with Gasteiger partial charge in [-0.1, -0.05) is 0 Å². The van der Waals surface area contributed by atoms with Gasteiger partial charge in [-0.15, -0.1) is 0 Å². The zero-order valence-corrected chi connectivity index (χ0v) is 18.8. The Bertz CT molecular complexity index is 1140. The number of carboxylic acid groups (broad SMARTS) is 1. The maximum atomic E-state index is 13.5. The molecule has 0 bridgehead atoms. The average molecular weight is 481 g/mol. The molecule has 178 valence electrons. The summed E-state index contributed by atoms with van der Waals surface area (Å²) >= 11 is 0. The van der Waals surface area contributed by atoms with Crippen LogP contribution in [0, 0.1) is 17.6 Å². The molecule has 4 rings (SSSR count). The van der Waals surface area contributed by atoms with Crippen LogP contribution in [0.2, 0.25) is 0 Å². The molecule has 2 aliphatic heterocycles. The summed E-state index contributed by atoms with van der Waals surface area (Å²) in [7, 11) is -4.26. The van der Waals surface area contributed by atoms with Gasteiger partial charge in [-0.2, -0.15) is 0 Å². The van der Waals surface area contributed by atoms with Gasteiger partial charge in [-0.3, -0.25) is 4.72 Å². The van der Waals surface area contributed by atoms with Crippen LogP contribution in [0.5, 0.6) is 0 Å².